The number of ether oxygens (including phenoxy) is 1. The zero-order valence-corrected chi connectivity index (χ0v) is 13.0. The van der Waals surface area contributed by atoms with Gasteiger partial charge in [-0.25, -0.2) is 0 Å². The van der Waals surface area contributed by atoms with Crippen LogP contribution in [0.25, 0.3) is 11.0 Å². The number of aliphatic hydroxyl groups is 1. The molecule has 0 spiro atoms. The van der Waals surface area contributed by atoms with Gasteiger partial charge in [0.2, 0.25) is 0 Å². The Balaban J connectivity index is 1.82. The molecule has 0 unspecified atom stereocenters. The van der Waals surface area contributed by atoms with Crippen molar-refractivity contribution in [3.05, 3.63) is 30.0 Å². The monoisotopic (exact) mass is 303 g/mol. The molecule has 1 N–H and O–H groups in total. The first-order chi connectivity index (χ1) is 10.5. The molecular formula is C17H21NO4. The van der Waals surface area contributed by atoms with Gasteiger partial charge >= 0.3 is 0 Å². The fourth-order valence-electron chi connectivity index (χ4n) is 3.20. The lowest BCUT2D eigenvalue weighted by Crippen LogP contribution is -2.41. The van der Waals surface area contributed by atoms with Crippen LogP contribution >= 0.6 is 0 Å². The van der Waals surface area contributed by atoms with E-state index in [9.17, 15) is 9.90 Å². The number of rotatable bonds is 4. The third-order valence-corrected chi connectivity index (χ3v) is 4.35. The highest BCUT2D eigenvalue weighted by molar-refractivity contribution is 5.97. The highest BCUT2D eigenvalue weighted by atomic mass is 16.5. The van der Waals surface area contributed by atoms with Crippen LogP contribution in [0.3, 0.4) is 0 Å². The van der Waals surface area contributed by atoms with E-state index in [4.69, 9.17) is 9.15 Å². The van der Waals surface area contributed by atoms with Crippen LogP contribution in [0.15, 0.2) is 28.7 Å². The standard InChI is InChI=1S/C17H21NO4/c1-18(11-17(20)8-3-4-9-17)16(19)14-10-12-6-5-7-13(21-2)15(12)22-14/h5-7,10,20H,3-4,8-9,11H2,1-2H3. The normalized spacial score (nSPS) is 16.9. The van der Waals surface area contributed by atoms with Crippen LogP contribution in [0.4, 0.5) is 0 Å². The summed E-state index contributed by atoms with van der Waals surface area (Å²) >= 11 is 0. The SMILES string of the molecule is COc1cccc2cc(C(=O)N(C)CC3(O)CCCC3)oc12. The van der Waals surface area contributed by atoms with Crippen molar-refractivity contribution in [3.63, 3.8) is 0 Å². The first-order valence-electron chi connectivity index (χ1n) is 7.57. The van der Waals surface area contributed by atoms with Crippen LogP contribution in [-0.4, -0.2) is 42.2 Å². The quantitative estimate of drug-likeness (QED) is 0.943. The van der Waals surface area contributed by atoms with Crippen LogP contribution in [0.5, 0.6) is 5.75 Å². The summed E-state index contributed by atoms with van der Waals surface area (Å²) in [7, 11) is 3.27. The fraction of sp³-hybridized carbons (Fsp3) is 0.471. The Morgan fingerprint density at radius 1 is 1.41 bits per heavy atom. The highest BCUT2D eigenvalue weighted by Crippen LogP contribution is 2.31. The van der Waals surface area contributed by atoms with Crippen LogP contribution < -0.4 is 4.74 Å². The molecule has 3 rings (SSSR count). The molecule has 1 fully saturated rings. The van der Waals surface area contributed by atoms with E-state index in [1.807, 2.05) is 12.1 Å². The number of para-hydroxylation sites is 1. The van der Waals surface area contributed by atoms with E-state index in [0.717, 1.165) is 31.1 Å². The zero-order chi connectivity index (χ0) is 15.7. The molecule has 1 amide bonds. The summed E-state index contributed by atoms with van der Waals surface area (Å²) in [5.74, 6) is 0.649. The summed E-state index contributed by atoms with van der Waals surface area (Å²) in [5.41, 5.74) is -0.185. The van der Waals surface area contributed by atoms with Crippen LogP contribution in [-0.2, 0) is 0 Å². The van der Waals surface area contributed by atoms with Gasteiger partial charge < -0.3 is 19.2 Å². The lowest BCUT2D eigenvalue weighted by Gasteiger charge is -2.28. The minimum absolute atomic E-state index is 0.224. The van der Waals surface area contributed by atoms with Gasteiger partial charge in [0.1, 0.15) is 0 Å². The lowest BCUT2D eigenvalue weighted by molar-refractivity contribution is 0.0147. The van der Waals surface area contributed by atoms with E-state index in [2.05, 4.69) is 0 Å². The predicted octanol–water partition coefficient (Wildman–Crippen LogP) is 2.82. The number of hydrogen-bond acceptors (Lipinski definition) is 4. The van der Waals surface area contributed by atoms with Gasteiger partial charge in [0.05, 0.1) is 12.7 Å². The Hall–Kier alpha value is -2.01. The molecule has 0 atom stereocenters. The van der Waals surface area contributed by atoms with Crippen molar-refractivity contribution in [2.75, 3.05) is 20.7 Å². The summed E-state index contributed by atoms with van der Waals surface area (Å²) in [4.78, 5) is 14.1. The number of nitrogens with zero attached hydrogens (tertiary/aromatic N) is 1. The molecule has 5 nitrogen and oxygen atoms in total. The number of fused-ring (bicyclic) bond motifs is 1. The molecule has 1 aliphatic carbocycles. The molecule has 0 aliphatic heterocycles. The zero-order valence-electron chi connectivity index (χ0n) is 13.0. The average Bonchev–Trinajstić information content (AvgIpc) is 3.12. The molecule has 2 aromatic rings. The Kier molecular flexibility index (Phi) is 3.83. The van der Waals surface area contributed by atoms with Crippen molar-refractivity contribution in [1.29, 1.82) is 0 Å². The number of hydrogen-bond donors (Lipinski definition) is 1. The van der Waals surface area contributed by atoms with Crippen molar-refractivity contribution >= 4 is 16.9 Å². The van der Waals surface area contributed by atoms with E-state index >= 15 is 0 Å². The van der Waals surface area contributed by atoms with E-state index in [1.54, 1.807) is 26.3 Å². The summed E-state index contributed by atoms with van der Waals surface area (Å²) in [6.07, 6.45) is 3.53. The van der Waals surface area contributed by atoms with Crippen molar-refractivity contribution < 1.29 is 19.1 Å². The summed E-state index contributed by atoms with van der Waals surface area (Å²) in [6, 6.07) is 7.25. The molecule has 0 saturated heterocycles. The number of amides is 1. The predicted molar refractivity (Wildman–Crippen MR) is 83.1 cm³/mol. The number of carbonyl (C=O) groups is 1. The Bertz CT molecular complexity index is 685. The molecule has 118 valence electrons. The molecule has 1 aromatic carbocycles. The Labute approximate surface area is 129 Å². The molecule has 0 radical (unpaired) electrons. The number of furan rings is 1. The number of carbonyl (C=O) groups excluding carboxylic acids is 1. The largest absolute Gasteiger partial charge is 0.493 e. The molecule has 0 bridgehead atoms. The van der Waals surface area contributed by atoms with Gasteiger partial charge in [0.25, 0.3) is 5.91 Å². The Morgan fingerprint density at radius 3 is 2.82 bits per heavy atom. The Morgan fingerprint density at radius 2 is 2.14 bits per heavy atom. The fourth-order valence-corrected chi connectivity index (χ4v) is 3.20. The topological polar surface area (TPSA) is 62.9 Å². The van der Waals surface area contributed by atoms with E-state index in [0.29, 0.717) is 17.9 Å². The van der Waals surface area contributed by atoms with E-state index in [1.165, 1.54) is 4.90 Å². The minimum Gasteiger partial charge on any atom is -0.493 e. The molecule has 1 heterocycles. The van der Waals surface area contributed by atoms with Gasteiger partial charge in [0, 0.05) is 19.0 Å². The van der Waals surface area contributed by atoms with Gasteiger partial charge in [-0.3, -0.25) is 4.79 Å². The number of methoxy groups -OCH3 is 1. The molecule has 1 aromatic heterocycles. The maximum Gasteiger partial charge on any atom is 0.289 e. The van der Waals surface area contributed by atoms with Crippen molar-refractivity contribution in [1.82, 2.24) is 4.90 Å². The average molecular weight is 303 g/mol. The molecule has 22 heavy (non-hydrogen) atoms. The van der Waals surface area contributed by atoms with Crippen molar-refractivity contribution in [3.8, 4) is 5.75 Å². The first kappa shape index (κ1) is 14.9. The molecular weight excluding hydrogens is 282 g/mol. The van der Waals surface area contributed by atoms with Crippen molar-refractivity contribution in [2.24, 2.45) is 0 Å². The number of benzene rings is 1. The highest BCUT2D eigenvalue weighted by Gasteiger charge is 2.34. The van der Waals surface area contributed by atoms with Gasteiger partial charge in [-0.05, 0) is 25.0 Å². The first-order valence-corrected chi connectivity index (χ1v) is 7.57. The third kappa shape index (κ3) is 2.68. The maximum absolute atomic E-state index is 12.5. The van der Waals surface area contributed by atoms with Gasteiger partial charge in [-0.1, -0.05) is 25.0 Å². The van der Waals surface area contributed by atoms with Gasteiger partial charge in [-0.2, -0.15) is 0 Å². The molecule has 1 aliphatic rings. The molecule has 1 saturated carbocycles. The summed E-state index contributed by atoms with van der Waals surface area (Å²) in [5, 5.41) is 11.3. The second-order valence-electron chi connectivity index (χ2n) is 6.08. The number of likely N-dealkylation sites (N-methyl/N-ethyl adjacent to an activating group) is 1. The van der Waals surface area contributed by atoms with Crippen molar-refractivity contribution in [2.45, 2.75) is 31.3 Å². The van der Waals surface area contributed by atoms with Crippen LogP contribution in [0.1, 0.15) is 36.2 Å². The summed E-state index contributed by atoms with van der Waals surface area (Å²) < 4.78 is 10.9. The van der Waals surface area contributed by atoms with Crippen LogP contribution in [0, 0.1) is 0 Å². The van der Waals surface area contributed by atoms with E-state index < -0.39 is 5.60 Å². The molecule has 5 heteroatoms. The van der Waals surface area contributed by atoms with Gasteiger partial charge in [-0.15, -0.1) is 0 Å². The maximum atomic E-state index is 12.5. The second kappa shape index (κ2) is 5.65. The van der Waals surface area contributed by atoms with Crippen LogP contribution in [0.2, 0.25) is 0 Å². The van der Waals surface area contributed by atoms with Gasteiger partial charge in [0.15, 0.2) is 17.1 Å². The smallest absolute Gasteiger partial charge is 0.289 e. The van der Waals surface area contributed by atoms with E-state index in [-0.39, 0.29) is 11.7 Å². The third-order valence-electron chi connectivity index (χ3n) is 4.35. The lowest BCUT2D eigenvalue weighted by atomic mass is 10.0. The second-order valence-corrected chi connectivity index (χ2v) is 6.08. The summed E-state index contributed by atoms with van der Waals surface area (Å²) in [6.45, 7) is 0.333. The minimum atomic E-state index is -0.756.